The molecule has 0 saturated carbocycles. The highest BCUT2D eigenvalue weighted by Crippen LogP contribution is 2.31. The van der Waals surface area contributed by atoms with Gasteiger partial charge in [-0.05, 0) is 29.8 Å². The Bertz CT molecular complexity index is 1180. The van der Waals surface area contributed by atoms with Crippen molar-refractivity contribution in [3.05, 3.63) is 69.2 Å². The van der Waals surface area contributed by atoms with E-state index in [9.17, 15) is 13.2 Å². The zero-order valence-electron chi connectivity index (χ0n) is 14.3. The van der Waals surface area contributed by atoms with Crippen LogP contribution in [0.4, 0.5) is 24.7 Å². The van der Waals surface area contributed by atoms with E-state index in [0.717, 1.165) is 22.8 Å². The smallest absolute Gasteiger partial charge is 0.337 e. The van der Waals surface area contributed by atoms with Crippen LogP contribution in [0, 0.1) is 0 Å². The number of pyridine rings is 1. The topological polar surface area (TPSA) is 63.6 Å². The lowest BCUT2D eigenvalue weighted by molar-refractivity contribution is -0.141. The normalized spacial score (nSPS) is 11.8. The van der Waals surface area contributed by atoms with Crippen LogP contribution in [0.25, 0.3) is 10.3 Å². The third-order valence-corrected chi connectivity index (χ3v) is 5.46. The van der Waals surface area contributed by atoms with Crippen LogP contribution in [0.3, 0.4) is 0 Å². The molecule has 0 bridgehead atoms. The first-order chi connectivity index (χ1) is 13.8. The van der Waals surface area contributed by atoms with Crippen LogP contribution in [0.15, 0.2) is 42.9 Å². The van der Waals surface area contributed by atoms with Crippen molar-refractivity contribution in [3.8, 4) is 0 Å². The van der Waals surface area contributed by atoms with E-state index in [1.165, 1.54) is 23.7 Å². The van der Waals surface area contributed by atoms with E-state index in [1.54, 1.807) is 12.1 Å². The van der Waals surface area contributed by atoms with Gasteiger partial charge in [-0.1, -0.05) is 40.6 Å². The molecule has 0 aliphatic rings. The summed E-state index contributed by atoms with van der Waals surface area (Å²) in [6, 6.07) is 7.42. The number of benzene rings is 1. The summed E-state index contributed by atoms with van der Waals surface area (Å²) in [6.07, 6.45) is -1.55. The molecule has 0 atom stereocenters. The number of aromatic nitrogens is 4. The largest absolute Gasteiger partial charge is 0.433 e. The van der Waals surface area contributed by atoms with E-state index in [1.807, 2.05) is 6.07 Å². The SMILES string of the molecule is FC(F)(F)c1ccc(Nc2ncnc3sc(Cc4ccc(Cl)cc4Cl)nc23)cn1. The second kappa shape index (κ2) is 7.74. The monoisotopic (exact) mass is 455 g/mol. The Morgan fingerprint density at radius 2 is 1.86 bits per heavy atom. The van der Waals surface area contributed by atoms with Crippen molar-refractivity contribution in [1.29, 1.82) is 0 Å². The number of anilines is 2. The minimum absolute atomic E-state index is 0.355. The number of nitrogens with zero attached hydrogens (tertiary/aromatic N) is 4. The van der Waals surface area contributed by atoms with Crippen molar-refractivity contribution in [3.63, 3.8) is 0 Å². The van der Waals surface area contributed by atoms with Gasteiger partial charge >= 0.3 is 6.18 Å². The van der Waals surface area contributed by atoms with Crippen molar-refractivity contribution in [2.45, 2.75) is 12.6 Å². The first-order valence-corrected chi connectivity index (χ1v) is 9.71. The predicted molar refractivity (Wildman–Crippen MR) is 107 cm³/mol. The number of hydrogen-bond acceptors (Lipinski definition) is 6. The Morgan fingerprint density at radius 1 is 1.03 bits per heavy atom. The maximum atomic E-state index is 12.7. The third-order valence-electron chi connectivity index (χ3n) is 3.91. The molecule has 4 rings (SSSR count). The van der Waals surface area contributed by atoms with E-state index < -0.39 is 11.9 Å². The molecule has 0 spiro atoms. The van der Waals surface area contributed by atoms with Crippen molar-refractivity contribution in [2.24, 2.45) is 0 Å². The second-order valence-electron chi connectivity index (χ2n) is 5.95. The molecule has 1 aromatic carbocycles. The van der Waals surface area contributed by atoms with Gasteiger partial charge in [0.15, 0.2) is 5.82 Å². The molecular weight excluding hydrogens is 446 g/mol. The van der Waals surface area contributed by atoms with Crippen LogP contribution in [0.2, 0.25) is 10.0 Å². The lowest BCUT2D eigenvalue weighted by Gasteiger charge is -2.08. The highest BCUT2D eigenvalue weighted by atomic mass is 35.5. The Kier molecular flexibility index (Phi) is 5.28. The highest BCUT2D eigenvalue weighted by Gasteiger charge is 2.32. The molecule has 4 aromatic rings. The molecule has 5 nitrogen and oxygen atoms in total. The van der Waals surface area contributed by atoms with Gasteiger partial charge in [0.1, 0.15) is 27.4 Å². The van der Waals surface area contributed by atoms with Crippen LogP contribution in [0.1, 0.15) is 16.3 Å². The molecule has 11 heteroatoms. The number of alkyl halides is 3. The average Bonchev–Trinajstić information content (AvgIpc) is 3.07. The van der Waals surface area contributed by atoms with Gasteiger partial charge in [0, 0.05) is 16.5 Å². The minimum atomic E-state index is -4.49. The Morgan fingerprint density at radius 3 is 2.55 bits per heavy atom. The van der Waals surface area contributed by atoms with Crippen molar-refractivity contribution >= 4 is 56.4 Å². The van der Waals surface area contributed by atoms with Crippen LogP contribution < -0.4 is 5.32 Å². The molecule has 29 heavy (non-hydrogen) atoms. The zero-order valence-corrected chi connectivity index (χ0v) is 16.7. The molecule has 0 amide bonds. The molecule has 148 valence electrons. The molecule has 0 radical (unpaired) electrons. The fourth-order valence-corrected chi connectivity index (χ4v) is 3.97. The molecule has 0 fully saturated rings. The molecule has 0 unspecified atom stereocenters. The first-order valence-electron chi connectivity index (χ1n) is 8.14. The summed E-state index contributed by atoms with van der Waals surface area (Å²) in [5, 5.41) is 4.79. The summed E-state index contributed by atoms with van der Waals surface area (Å²) < 4.78 is 38.0. The third kappa shape index (κ3) is 4.42. The molecule has 3 aromatic heterocycles. The summed E-state index contributed by atoms with van der Waals surface area (Å²) in [4.78, 5) is 17.0. The van der Waals surface area contributed by atoms with E-state index in [2.05, 4.69) is 25.3 Å². The van der Waals surface area contributed by atoms with Crippen LogP contribution in [0.5, 0.6) is 0 Å². The van der Waals surface area contributed by atoms with Gasteiger partial charge in [0.05, 0.1) is 11.9 Å². The van der Waals surface area contributed by atoms with Crippen molar-refractivity contribution in [2.75, 3.05) is 5.32 Å². The molecule has 1 N–H and O–H groups in total. The maximum Gasteiger partial charge on any atom is 0.433 e. The van der Waals surface area contributed by atoms with Gasteiger partial charge in [-0.15, -0.1) is 0 Å². The lowest BCUT2D eigenvalue weighted by Crippen LogP contribution is -2.07. The molecule has 3 heterocycles. The summed E-state index contributed by atoms with van der Waals surface area (Å²) in [5.41, 5.74) is 0.766. The summed E-state index contributed by atoms with van der Waals surface area (Å²) in [5.74, 6) is 0.376. The van der Waals surface area contributed by atoms with E-state index >= 15 is 0 Å². The zero-order chi connectivity index (χ0) is 20.6. The van der Waals surface area contributed by atoms with Gasteiger partial charge in [0.25, 0.3) is 0 Å². The maximum absolute atomic E-state index is 12.7. The van der Waals surface area contributed by atoms with Gasteiger partial charge < -0.3 is 5.32 Å². The molecule has 0 aliphatic heterocycles. The van der Waals surface area contributed by atoms with Crippen LogP contribution in [-0.4, -0.2) is 19.9 Å². The average molecular weight is 456 g/mol. The number of halogens is 5. The van der Waals surface area contributed by atoms with Gasteiger partial charge in [-0.3, -0.25) is 0 Å². The van der Waals surface area contributed by atoms with Gasteiger partial charge in [0.2, 0.25) is 0 Å². The Hall–Kier alpha value is -2.49. The molecular formula is C18H10Cl2F3N5S. The van der Waals surface area contributed by atoms with Crippen LogP contribution in [-0.2, 0) is 12.6 Å². The van der Waals surface area contributed by atoms with Crippen molar-refractivity contribution in [1.82, 2.24) is 19.9 Å². The molecule has 0 aliphatic carbocycles. The number of fused-ring (bicyclic) bond motifs is 1. The fraction of sp³-hybridized carbons (Fsp3) is 0.111. The van der Waals surface area contributed by atoms with E-state index in [-0.39, 0.29) is 0 Å². The van der Waals surface area contributed by atoms with Crippen molar-refractivity contribution < 1.29 is 13.2 Å². The van der Waals surface area contributed by atoms with Crippen LogP contribution >= 0.6 is 34.5 Å². The van der Waals surface area contributed by atoms with Gasteiger partial charge in [-0.25, -0.2) is 19.9 Å². The first kappa shape index (κ1) is 19.8. The number of hydrogen-bond donors (Lipinski definition) is 1. The predicted octanol–water partition coefficient (Wildman–Crippen LogP) is 6.14. The summed E-state index contributed by atoms with van der Waals surface area (Å²) in [6.45, 7) is 0. The summed E-state index contributed by atoms with van der Waals surface area (Å²) >= 11 is 13.5. The number of rotatable bonds is 4. The second-order valence-corrected chi connectivity index (χ2v) is 7.86. The lowest BCUT2D eigenvalue weighted by atomic mass is 10.1. The standard InChI is InChI=1S/C18H10Cl2F3N5S/c19-10-2-1-9(12(20)6-10)5-14-28-15-16(25-8-26-17(15)29-14)27-11-3-4-13(24-7-11)18(21,22)23/h1-4,6-8H,5H2,(H,25,26,27). The minimum Gasteiger partial charge on any atom is -0.337 e. The molecule has 0 saturated heterocycles. The van der Waals surface area contributed by atoms with E-state index in [4.69, 9.17) is 23.2 Å². The van der Waals surface area contributed by atoms with Gasteiger partial charge in [-0.2, -0.15) is 13.2 Å². The fourth-order valence-electron chi connectivity index (χ4n) is 2.56. The Balaban J connectivity index is 1.61. The highest BCUT2D eigenvalue weighted by molar-refractivity contribution is 7.18. The quantitative estimate of drug-likeness (QED) is 0.400. The number of nitrogens with one attached hydrogen (secondary N) is 1. The Labute approximate surface area is 176 Å². The summed E-state index contributed by atoms with van der Waals surface area (Å²) in [7, 11) is 0. The number of thiazole rings is 1. The van der Waals surface area contributed by atoms with E-state index in [0.29, 0.717) is 38.3 Å².